The molecule has 0 aliphatic heterocycles. The average Bonchev–Trinajstić information content (AvgIpc) is 2.50. The Morgan fingerprint density at radius 2 is 2.29 bits per heavy atom. The Morgan fingerprint density at radius 3 is 3.00 bits per heavy atom. The first-order chi connectivity index (χ1) is 10.2. The predicted molar refractivity (Wildman–Crippen MR) is 86.3 cm³/mol. The Labute approximate surface area is 124 Å². The molecule has 0 amide bonds. The molecule has 1 aromatic heterocycles. The number of nitrogens with zero attached hydrogens (tertiary/aromatic N) is 5. The number of anilines is 1. The lowest BCUT2D eigenvalue weighted by atomic mass is 10.3. The molecule has 0 aliphatic rings. The molecule has 21 heavy (non-hydrogen) atoms. The number of hydrogen-bond acceptors (Lipinski definition) is 7. The summed E-state index contributed by atoms with van der Waals surface area (Å²) in [6, 6.07) is 1.83. The van der Waals surface area contributed by atoms with Gasteiger partial charge in [0.1, 0.15) is 18.4 Å². The van der Waals surface area contributed by atoms with Gasteiger partial charge in [-0.1, -0.05) is 5.16 Å². The van der Waals surface area contributed by atoms with Gasteiger partial charge in [-0.25, -0.2) is 9.97 Å². The molecule has 7 nitrogen and oxygen atoms in total. The van der Waals surface area contributed by atoms with E-state index < -0.39 is 0 Å². The number of aromatic nitrogens is 2. The minimum absolute atomic E-state index is 0.544. The molecule has 0 unspecified atom stereocenters. The molecular formula is C14H20N6O. The van der Waals surface area contributed by atoms with E-state index in [2.05, 4.69) is 20.1 Å². The maximum absolute atomic E-state index is 5.88. The third-order valence-electron chi connectivity index (χ3n) is 2.39. The van der Waals surface area contributed by atoms with E-state index in [-0.39, 0.29) is 0 Å². The number of oxime groups is 1. The van der Waals surface area contributed by atoms with Crippen molar-refractivity contribution >= 4 is 24.3 Å². The third-order valence-corrected chi connectivity index (χ3v) is 2.39. The van der Waals surface area contributed by atoms with Gasteiger partial charge in [-0.3, -0.25) is 4.99 Å². The maximum atomic E-state index is 5.88. The fraction of sp³-hybridized carbons (Fsp3) is 0.286. The predicted octanol–water partition coefficient (Wildman–Crippen LogP) is 1.45. The average molecular weight is 288 g/mol. The van der Waals surface area contributed by atoms with Crippen LogP contribution in [0.15, 0.2) is 40.6 Å². The Bertz CT molecular complexity index is 550. The summed E-state index contributed by atoms with van der Waals surface area (Å²) < 4.78 is 0. The molecule has 0 aliphatic carbocycles. The molecule has 0 atom stereocenters. The zero-order valence-corrected chi connectivity index (χ0v) is 12.5. The van der Waals surface area contributed by atoms with Crippen LogP contribution in [0.5, 0.6) is 0 Å². The van der Waals surface area contributed by atoms with Crippen LogP contribution in [0.3, 0.4) is 0 Å². The van der Waals surface area contributed by atoms with Crippen LogP contribution in [-0.2, 0) is 4.84 Å². The van der Waals surface area contributed by atoms with Crippen LogP contribution < -0.4 is 10.6 Å². The smallest absolute Gasteiger partial charge is 0.132 e. The highest BCUT2D eigenvalue weighted by Crippen LogP contribution is 2.11. The van der Waals surface area contributed by atoms with Crippen molar-refractivity contribution in [3.05, 3.63) is 36.1 Å². The first kappa shape index (κ1) is 16.4. The molecule has 0 radical (unpaired) electrons. The Kier molecular flexibility index (Phi) is 7.20. The molecule has 0 saturated carbocycles. The van der Waals surface area contributed by atoms with E-state index in [4.69, 9.17) is 10.6 Å². The van der Waals surface area contributed by atoms with E-state index in [1.807, 2.05) is 18.0 Å². The molecule has 0 saturated heterocycles. The SMILES string of the molecule is C/C=N/O/C=C/c1cc(N(C)C/C(N)=C/C=NC)ncn1. The second-order valence-electron chi connectivity index (χ2n) is 4.08. The summed E-state index contributed by atoms with van der Waals surface area (Å²) >= 11 is 0. The number of hydrogen-bond donors (Lipinski definition) is 1. The van der Waals surface area contributed by atoms with Crippen LogP contribution in [0, 0.1) is 0 Å². The van der Waals surface area contributed by atoms with Crippen molar-refractivity contribution in [1.29, 1.82) is 0 Å². The van der Waals surface area contributed by atoms with Crippen LogP contribution in [0.25, 0.3) is 6.08 Å². The highest BCUT2D eigenvalue weighted by atomic mass is 16.6. The summed E-state index contributed by atoms with van der Waals surface area (Å²) in [7, 11) is 3.60. The summed E-state index contributed by atoms with van der Waals surface area (Å²) in [6.07, 6.45) is 9.62. The minimum atomic E-state index is 0.544. The Balaban J connectivity index is 2.72. The molecule has 0 aromatic carbocycles. The molecule has 7 heteroatoms. The van der Waals surface area contributed by atoms with Crippen molar-refractivity contribution in [3.8, 4) is 0 Å². The van der Waals surface area contributed by atoms with E-state index in [0.717, 1.165) is 11.5 Å². The third kappa shape index (κ3) is 6.33. The summed E-state index contributed by atoms with van der Waals surface area (Å²) in [5.41, 5.74) is 7.30. The lowest BCUT2D eigenvalue weighted by Crippen LogP contribution is -2.24. The second kappa shape index (κ2) is 9.24. The lowest BCUT2D eigenvalue weighted by Gasteiger charge is -2.18. The minimum Gasteiger partial charge on any atom is -0.401 e. The van der Waals surface area contributed by atoms with Crippen molar-refractivity contribution in [2.24, 2.45) is 15.9 Å². The van der Waals surface area contributed by atoms with Gasteiger partial charge in [0.2, 0.25) is 0 Å². The molecule has 2 N–H and O–H groups in total. The maximum Gasteiger partial charge on any atom is 0.132 e. The Morgan fingerprint density at radius 1 is 1.48 bits per heavy atom. The molecule has 0 fully saturated rings. The Hall–Kier alpha value is -2.70. The highest BCUT2D eigenvalue weighted by Gasteiger charge is 2.04. The topological polar surface area (TPSA) is 89.0 Å². The lowest BCUT2D eigenvalue weighted by molar-refractivity contribution is 0.273. The molecule has 0 spiro atoms. The summed E-state index contributed by atoms with van der Waals surface area (Å²) in [4.78, 5) is 19.0. The van der Waals surface area contributed by atoms with Crippen molar-refractivity contribution in [2.75, 3.05) is 25.5 Å². The van der Waals surface area contributed by atoms with Gasteiger partial charge in [0.05, 0.1) is 12.2 Å². The van der Waals surface area contributed by atoms with E-state index in [9.17, 15) is 0 Å². The van der Waals surface area contributed by atoms with E-state index in [0.29, 0.717) is 12.2 Å². The van der Waals surface area contributed by atoms with Gasteiger partial charge in [-0.15, -0.1) is 0 Å². The quantitative estimate of drug-likeness (QED) is 0.466. The van der Waals surface area contributed by atoms with E-state index in [1.54, 1.807) is 38.6 Å². The molecule has 1 rings (SSSR count). The molecular weight excluding hydrogens is 268 g/mol. The fourth-order valence-corrected chi connectivity index (χ4v) is 1.44. The fourth-order valence-electron chi connectivity index (χ4n) is 1.44. The zero-order chi connectivity index (χ0) is 15.5. The van der Waals surface area contributed by atoms with Gasteiger partial charge >= 0.3 is 0 Å². The monoisotopic (exact) mass is 288 g/mol. The first-order valence-corrected chi connectivity index (χ1v) is 6.37. The van der Waals surface area contributed by atoms with Gasteiger partial charge in [0, 0.05) is 44.4 Å². The number of likely N-dealkylation sites (N-methyl/N-ethyl adjacent to an activating group) is 1. The first-order valence-electron chi connectivity index (χ1n) is 6.37. The van der Waals surface area contributed by atoms with E-state index >= 15 is 0 Å². The summed E-state index contributed by atoms with van der Waals surface area (Å²) in [6.45, 7) is 2.32. The van der Waals surface area contributed by atoms with Crippen LogP contribution >= 0.6 is 0 Å². The van der Waals surface area contributed by atoms with Crippen molar-refractivity contribution in [1.82, 2.24) is 9.97 Å². The number of allylic oxidation sites excluding steroid dienone is 1. The van der Waals surface area contributed by atoms with Crippen LogP contribution in [-0.4, -0.2) is 43.0 Å². The normalized spacial score (nSPS) is 12.6. The molecule has 1 heterocycles. The van der Waals surface area contributed by atoms with Crippen molar-refractivity contribution in [2.45, 2.75) is 6.92 Å². The van der Waals surface area contributed by atoms with Gasteiger partial charge < -0.3 is 15.5 Å². The van der Waals surface area contributed by atoms with Crippen LogP contribution in [0.4, 0.5) is 5.82 Å². The molecule has 1 aromatic rings. The van der Waals surface area contributed by atoms with E-state index in [1.165, 1.54) is 12.6 Å². The zero-order valence-electron chi connectivity index (χ0n) is 12.5. The van der Waals surface area contributed by atoms with Crippen molar-refractivity contribution < 1.29 is 4.84 Å². The van der Waals surface area contributed by atoms with Gasteiger partial charge in [0.15, 0.2) is 0 Å². The number of rotatable bonds is 7. The van der Waals surface area contributed by atoms with Crippen LogP contribution in [0.1, 0.15) is 12.6 Å². The summed E-state index contributed by atoms with van der Waals surface area (Å²) in [5, 5.41) is 3.61. The number of nitrogens with two attached hydrogens (primary N) is 1. The standard InChI is InChI=1S/C14H20N6O/c1-4-19-21-8-6-13-9-14(18-11-17-13)20(3)10-12(15)5-7-16-2/h4-9,11H,10,15H2,1-3H3/b8-6+,12-5-,16-7?,19-4+. The van der Waals surface area contributed by atoms with Crippen molar-refractivity contribution in [3.63, 3.8) is 0 Å². The summed E-state index contributed by atoms with van der Waals surface area (Å²) in [5.74, 6) is 0.758. The molecule has 0 bridgehead atoms. The second-order valence-corrected chi connectivity index (χ2v) is 4.08. The number of aliphatic imine (C=N–C) groups is 1. The molecule has 112 valence electrons. The van der Waals surface area contributed by atoms with Gasteiger partial charge in [-0.2, -0.15) is 0 Å². The van der Waals surface area contributed by atoms with Crippen LogP contribution in [0.2, 0.25) is 0 Å². The largest absolute Gasteiger partial charge is 0.401 e. The highest BCUT2D eigenvalue weighted by molar-refractivity contribution is 5.72. The van der Waals surface area contributed by atoms with Gasteiger partial charge in [-0.05, 0) is 13.0 Å². The van der Waals surface area contributed by atoms with Gasteiger partial charge in [0.25, 0.3) is 0 Å².